The van der Waals surface area contributed by atoms with Gasteiger partial charge in [-0.25, -0.2) is 4.98 Å². The van der Waals surface area contributed by atoms with Gasteiger partial charge in [-0.05, 0) is 40.2 Å². The van der Waals surface area contributed by atoms with E-state index >= 15 is 0 Å². The normalized spacial score (nSPS) is 10.0. The molecule has 98 valence electrons. The summed E-state index contributed by atoms with van der Waals surface area (Å²) < 4.78 is 0.985. The van der Waals surface area contributed by atoms with E-state index in [2.05, 4.69) is 31.5 Å². The molecule has 0 spiro atoms. The number of para-hydroxylation sites is 1. The van der Waals surface area contributed by atoms with Crippen LogP contribution in [0.15, 0.2) is 47.1 Å². The van der Waals surface area contributed by atoms with E-state index in [0.717, 1.165) is 15.8 Å². The number of pyridine rings is 1. The maximum atomic E-state index is 11.2. The number of hydrogen-bond acceptors (Lipinski definition) is 3. The minimum atomic E-state index is -0.0426. The topological polar surface area (TPSA) is 54.0 Å². The lowest BCUT2D eigenvalue weighted by atomic mass is 10.3. The summed E-state index contributed by atoms with van der Waals surface area (Å²) in [6.07, 6.45) is 2.13. The van der Waals surface area contributed by atoms with Crippen LogP contribution in [0.2, 0.25) is 0 Å². The highest BCUT2D eigenvalue weighted by molar-refractivity contribution is 9.10. The number of amides is 1. The quantitative estimate of drug-likeness (QED) is 0.897. The van der Waals surface area contributed by atoms with Gasteiger partial charge >= 0.3 is 0 Å². The van der Waals surface area contributed by atoms with E-state index in [1.165, 1.54) is 0 Å². The van der Waals surface area contributed by atoms with Crippen molar-refractivity contribution < 1.29 is 4.79 Å². The number of rotatable bonds is 4. The number of carbonyl (C=O) groups is 1. The van der Waals surface area contributed by atoms with Crippen LogP contribution < -0.4 is 10.6 Å². The number of halogens is 1. The van der Waals surface area contributed by atoms with Crippen LogP contribution in [-0.2, 0) is 4.79 Å². The summed E-state index contributed by atoms with van der Waals surface area (Å²) in [5.74, 6) is 0.517. The summed E-state index contributed by atoms with van der Waals surface area (Å²) in [5, 5.41) is 5.95. The van der Waals surface area contributed by atoms with Crippen molar-refractivity contribution in [2.75, 3.05) is 10.6 Å². The molecule has 0 saturated carbocycles. The molecule has 0 aliphatic heterocycles. The number of carbonyl (C=O) groups excluding carboxylic acids is 1. The van der Waals surface area contributed by atoms with Crippen molar-refractivity contribution in [3.05, 3.63) is 47.1 Å². The number of hydrogen-bond donors (Lipinski definition) is 2. The molecule has 1 heterocycles. The van der Waals surface area contributed by atoms with Gasteiger partial charge in [0.05, 0.1) is 17.6 Å². The third-order valence-corrected chi connectivity index (χ3v) is 3.20. The fourth-order valence-corrected chi connectivity index (χ4v) is 1.87. The number of anilines is 3. The molecule has 0 aliphatic carbocycles. The van der Waals surface area contributed by atoms with Gasteiger partial charge in [0.2, 0.25) is 5.91 Å². The second-order valence-corrected chi connectivity index (χ2v) is 4.79. The van der Waals surface area contributed by atoms with Gasteiger partial charge in [-0.15, -0.1) is 0 Å². The SMILES string of the molecule is CCC(=O)Nc1ccc(Nc2ccccc2Br)cn1. The maximum Gasteiger partial charge on any atom is 0.225 e. The molecule has 19 heavy (non-hydrogen) atoms. The van der Waals surface area contributed by atoms with Crippen molar-refractivity contribution in [2.24, 2.45) is 0 Å². The summed E-state index contributed by atoms with van der Waals surface area (Å²) >= 11 is 3.47. The molecule has 4 nitrogen and oxygen atoms in total. The first-order valence-corrected chi connectivity index (χ1v) is 6.76. The molecular formula is C14H14BrN3O. The smallest absolute Gasteiger partial charge is 0.225 e. The van der Waals surface area contributed by atoms with E-state index in [1.807, 2.05) is 30.3 Å². The van der Waals surface area contributed by atoms with Crippen LogP contribution >= 0.6 is 15.9 Å². The molecule has 0 saturated heterocycles. The zero-order valence-electron chi connectivity index (χ0n) is 10.5. The first-order chi connectivity index (χ1) is 9.19. The Morgan fingerprint density at radius 1 is 1.26 bits per heavy atom. The lowest BCUT2D eigenvalue weighted by Crippen LogP contribution is -2.10. The van der Waals surface area contributed by atoms with Crippen molar-refractivity contribution in [3.8, 4) is 0 Å². The molecule has 5 heteroatoms. The third kappa shape index (κ3) is 3.79. The van der Waals surface area contributed by atoms with Gasteiger partial charge in [-0.3, -0.25) is 4.79 Å². The molecule has 0 bridgehead atoms. The van der Waals surface area contributed by atoms with E-state index in [1.54, 1.807) is 19.2 Å². The summed E-state index contributed by atoms with van der Waals surface area (Å²) in [6, 6.07) is 11.5. The van der Waals surface area contributed by atoms with Crippen LogP contribution in [0.4, 0.5) is 17.2 Å². The van der Waals surface area contributed by atoms with Gasteiger partial charge in [-0.1, -0.05) is 19.1 Å². The fourth-order valence-electron chi connectivity index (χ4n) is 1.49. The average Bonchev–Trinajstić information content (AvgIpc) is 2.43. The highest BCUT2D eigenvalue weighted by Crippen LogP contribution is 2.25. The van der Waals surface area contributed by atoms with E-state index in [-0.39, 0.29) is 5.91 Å². The molecule has 2 rings (SSSR count). The van der Waals surface area contributed by atoms with Gasteiger partial charge in [0.1, 0.15) is 5.82 Å². The van der Waals surface area contributed by atoms with Gasteiger partial charge in [0, 0.05) is 10.9 Å². The zero-order chi connectivity index (χ0) is 13.7. The Bertz CT molecular complexity index is 569. The highest BCUT2D eigenvalue weighted by atomic mass is 79.9. The third-order valence-electron chi connectivity index (χ3n) is 2.50. The van der Waals surface area contributed by atoms with Crippen molar-refractivity contribution in [2.45, 2.75) is 13.3 Å². The molecule has 1 amide bonds. The molecule has 0 unspecified atom stereocenters. The molecule has 0 fully saturated rings. The average molecular weight is 320 g/mol. The van der Waals surface area contributed by atoms with E-state index in [0.29, 0.717) is 12.2 Å². The lowest BCUT2D eigenvalue weighted by Gasteiger charge is -2.09. The second kappa shape index (κ2) is 6.33. The van der Waals surface area contributed by atoms with Crippen LogP contribution in [0.25, 0.3) is 0 Å². The first kappa shape index (κ1) is 13.5. The summed E-state index contributed by atoms with van der Waals surface area (Å²) in [6.45, 7) is 1.80. The monoisotopic (exact) mass is 319 g/mol. The molecule has 0 aliphatic rings. The van der Waals surface area contributed by atoms with Gasteiger partial charge in [0.25, 0.3) is 0 Å². The minimum absolute atomic E-state index is 0.0426. The van der Waals surface area contributed by atoms with Crippen molar-refractivity contribution in [1.29, 1.82) is 0 Å². The summed E-state index contributed by atoms with van der Waals surface area (Å²) in [4.78, 5) is 15.4. The van der Waals surface area contributed by atoms with Crippen molar-refractivity contribution >= 4 is 39.0 Å². The van der Waals surface area contributed by atoms with E-state index in [4.69, 9.17) is 0 Å². The van der Waals surface area contributed by atoms with Gasteiger partial charge in [-0.2, -0.15) is 0 Å². The molecule has 1 aromatic carbocycles. The number of benzene rings is 1. The number of nitrogens with one attached hydrogen (secondary N) is 2. The largest absolute Gasteiger partial charge is 0.353 e. The standard InChI is InChI=1S/C14H14BrN3O/c1-2-14(19)18-13-8-7-10(9-16-13)17-12-6-4-3-5-11(12)15/h3-9,17H,2H2,1H3,(H,16,18,19). The van der Waals surface area contributed by atoms with Crippen molar-refractivity contribution in [1.82, 2.24) is 4.98 Å². The molecular weight excluding hydrogens is 306 g/mol. The molecule has 2 aromatic rings. The van der Waals surface area contributed by atoms with Crippen LogP contribution in [0.1, 0.15) is 13.3 Å². The Labute approximate surface area is 120 Å². The molecule has 0 atom stereocenters. The van der Waals surface area contributed by atoms with E-state index in [9.17, 15) is 4.79 Å². The predicted molar refractivity (Wildman–Crippen MR) is 80.6 cm³/mol. The first-order valence-electron chi connectivity index (χ1n) is 5.96. The summed E-state index contributed by atoms with van der Waals surface area (Å²) in [5.41, 5.74) is 1.83. The van der Waals surface area contributed by atoms with Crippen LogP contribution in [0, 0.1) is 0 Å². The Morgan fingerprint density at radius 2 is 2.05 bits per heavy atom. The maximum absolute atomic E-state index is 11.2. The lowest BCUT2D eigenvalue weighted by molar-refractivity contribution is -0.115. The second-order valence-electron chi connectivity index (χ2n) is 3.94. The Hall–Kier alpha value is -1.88. The predicted octanol–water partition coefficient (Wildman–Crippen LogP) is 3.94. The number of aromatic nitrogens is 1. The van der Waals surface area contributed by atoms with Gasteiger partial charge < -0.3 is 10.6 Å². The minimum Gasteiger partial charge on any atom is -0.353 e. The molecule has 0 radical (unpaired) electrons. The van der Waals surface area contributed by atoms with Gasteiger partial charge in [0.15, 0.2) is 0 Å². The summed E-state index contributed by atoms with van der Waals surface area (Å²) in [7, 11) is 0. The fraction of sp³-hybridized carbons (Fsp3) is 0.143. The Morgan fingerprint density at radius 3 is 2.68 bits per heavy atom. The zero-order valence-corrected chi connectivity index (χ0v) is 12.1. The number of nitrogens with zero attached hydrogens (tertiary/aromatic N) is 1. The van der Waals surface area contributed by atoms with Crippen LogP contribution in [0.5, 0.6) is 0 Å². The van der Waals surface area contributed by atoms with E-state index < -0.39 is 0 Å². The highest BCUT2D eigenvalue weighted by Gasteiger charge is 2.02. The van der Waals surface area contributed by atoms with Crippen LogP contribution in [-0.4, -0.2) is 10.9 Å². The Kier molecular flexibility index (Phi) is 4.52. The molecule has 1 aromatic heterocycles. The van der Waals surface area contributed by atoms with Crippen molar-refractivity contribution in [3.63, 3.8) is 0 Å². The molecule has 2 N–H and O–H groups in total. The Balaban J connectivity index is 2.07. The van der Waals surface area contributed by atoms with Crippen LogP contribution in [0.3, 0.4) is 0 Å².